The third-order valence-electron chi connectivity index (χ3n) is 6.37. The zero-order valence-electron chi connectivity index (χ0n) is 16.0. The number of fused-ring (bicyclic) bond motifs is 1. The van der Waals surface area contributed by atoms with Gasteiger partial charge < -0.3 is 29.5 Å². The number of carbonyl (C=O) groups excluding carboxylic acids is 1. The average molecular weight is 404 g/mol. The fourth-order valence-corrected chi connectivity index (χ4v) is 4.67. The van der Waals surface area contributed by atoms with Gasteiger partial charge in [0.05, 0.1) is 37.9 Å². The summed E-state index contributed by atoms with van der Waals surface area (Å²) in [6, 6.07) is 0.0377. The van der Waals surface area contributed by atoms with E-state index in [-0.39, 0.29) is 37.0 Å². The van der Waals surface area contributed by atoms with Crippen molar-refractivity contribution in [1.82, 2.24) is 10.2 Å². The minimum Gasteiger partial charge on any atom is -0.388 e. The minimum absolute atomic E-state index is 0.0377. The Morgan fingerprint density at radius 1 is 1.18 bits per heavy atom. The number of ether oxygens (including phenoxy) is 3. The third-order valence-corrected chi connectivity index (χ3v) is 6.37. The molecule has 1 saturated carbocycles. The van der Waals surface area contributed by atoms with E-state index >= 15 is 0 Å². The predicted octanol–water partition coefficient (Wildman–Crippen LogP) is 0.689. The summed E-state index contributed by atoms with van der Waals surface area (Å²) in [7, 11) is 0. The van der Waals surface area contributed by atoms with Gasteiger partial charge >= 0.3 is 0 Å². The molecular weight excluding hydrogens is 374 g/mol. The minimum atomic E-state index is -2.54. The van der Waals surface area contributed by atoms with Crippen LogP contribution in [0, 0.1) is 0 Å². The standard InChI is InChI=1S/C19H30F2N2O5/c20-19(21)3-1-12(2-4-19)22-11-15-17(25)18-14(28-15)9-13(27-18)10-16(24)23-5-7-26-8-6-23/h12-15,17-18,22,25H,1-11H2. The van der Waals surface area contributed by atoms with E-state index in [2.05, 4.69) is 5.32 Å². The molecule has 0 aromatic carbocycles. The molecule has 1 aliphatic carbocycles. The van der Waals surface area contributed by atoms with Crippen molar-refractivity contribution in [2.24, 2.45) is 0 Å². The van der Waals surface area contributed by atoms with Crippen molar-refractivity contribution in [3.63, 3.8) is 0 Å². The van der Waals surface area contributed by atoms with Gasteiger partial charge in [0, 0.05) is 44.9 Å². The molecule has 0 bridgehead atoms. The van der Waals surface area contributed by atoms with E-state index in [1.54, 1.807) is 4.90 Å². The Bertz CT molecular complexity index is 550. The molecule has 0 spiro atoms. The Hall–Kier alpha value is -0.870. The SMILES string of the molecule is O=C(CC1CC2OC(CNC3CCC(F)(F)CC3)C(O)C2O1)N1CCOCC1. The molecule has 0 radical (unpaired) electrons. The van der Waals surface area contributed by atoms with Crippen molar-refractivity contribution in [3.05, 3.63) is 0 Å². The van der Waals surface area contributed by atoms with E-state index in [0.29, 0.717) is 58.5 Å². The molecule has 4 rings (SSSR count). The average Bonchev–Trinajstić information content (AvgIpc) is 3.20. The second kappa shape index (κ2) is 8.47. The summed E-state index contributed by atoms with van der Waals surface area (Å²) in [5.74, 6) is -2.49. The third kappa shape index (κ3) is 4.64. The van der Waals surface area contributed by atoms with Crippen LogP contribution in [0.1, 0.15) is 38.5 Å². The fraction of sp³-hybridized carbons (Fsp3) is 0.947. The van der Waals surface area contributed by atoms with Crippen molar-refractivity contribution in [1.29, 1.82) is 0 Å². The highest BCUT2D eigenvalue weighted by Gasteiger charge is 2.50. The summed E-state index contributed by atoms with van der Waals surface area (Å²) in [5, 5.41) is 13.8. The van der Waals surface area contributed by atoms with Crippen molar-refractivity contribution >= 4 is 5.91 Å². The normalized spacial score (nSPS) is 38.5. The number of nitrogens with zero attached hydrogens (tertiary/aromatic N) is 1. The van der Waals surface area contributed by atoms with Gasteiger partial charge in [-0.3, -0.25) is 4.79 Å². The van der Waals surface area contributed by atoms with Crippen LogP contribution in [0.25, 0.3) is 0 Å². The summed E-state index contributed by atoms with van der Waals surface area (Å²) in [6.45, 7) is 2.78. The number of rotatable bonds is 5. The van der Waals surface area contributed by atoms with Gasteiger partial charge in [-0.15, -0.1) is 0 Å². The zero-order chi connectivity index (χ0) is 19.7. The van der Waals surface area contributed by atoms with Crippen LogP contribution in [0.3, 0.4) is 0 Å². The first-order valence-electron chi connectivity index (χ1n) is 10.4. The molecule has 5 atom stereocenters. The van der Waals surface area contributed by atoms with Crippen LogP contribution in [0.2, 0.25) is 0 Å². The molecule has 2 N–H and O–H groups in total. The van der Waals surface area contributed by atoms with Crippen LogP contribution in [0.4, 0.5) is 8.78 Å². The fourth-order valence-electron chi connectivity index (χ4n) is 4.67. The number of hydrogen-bond donors (Lipinski definition) is 2. The Balaban J connectivity index is 1.20. The van der Waals surface area contributed by atoms with E-state index in [1.807, 2.05) is 0 Å². The highest BCUT2D eigenvalue weighted by atomic mass is 19.3. The topological polar surface area (TPSA) is 80.3 Å². The molecule has 3 aliphatic heterocycles. The van der Waals surface area contributed by atoms with E-state index in [1.165, 1.54) is 0 Å². The number of nitrogens with one attached hydrogen (secondary N) is 1. The maximum Gasteiger partial charge on any atom is 0.248 e. The lowest BCUT2D eigenvalue weighted by Gasteiger charge is -2.30. The van der Waals surface area contributed by atoms with Gasteiger partial charge in [0.2, 0.25) is 11.8 Å². The van der Waals surface area contributed by atoms with Crippen LogP contribution >= 0.6 is 0 Å². The highest BCUT2D eigenvalue weighted by Crippen LogP contribution is 2.36. The summed E-state index contributed by atoms with van der Waals surface area (Å²) in [4.78, 5) is 14.2. The summed E-state index contributed by atoms with van der Waals surface area (Å²) in [5.41, 5.74) is 0. The number of hydrogen-bond acceptors (Lipinski definition) is 6. The summed E-state index contributed by atoms with van der Waals surface area (Å²) < 4.78 is 43.6. The maximum atomic E-state index is 13.2. The molecular formula is C19H30F2N2O5. The first-order chi connectivity index (χ1) is 13.4. The number of aliphatic hydroxyl groups excluding tert-OH is 1. The first-order valence-corrected chi connectivity index (χ1v) is 10.4. The quantitative estimate of drug-likeness (QED) is 0.702. The van der Waals surface area contributed by atoms with E-state index in [0.717, 1.165) is 0 Å². The van der Waals surface area contributed by atoms with Crippen molar-refractivity contribution in [3.8, 4) is 0 Å². The second-order valence-corrected chi connectivity index (χ2v) is 8.40. The van der Waals surface area contributed by atoms with Crippen LogP contribution < -0.4 is 5.32 Å². The Morgan fingerprint density at radius 2 is 1.89 bits per heavy atom. The molecule has 5 unspecified atom stereocenters. The van der Waals surface area contributed by atoms with Gasteiger partial charge in [-0.05, 0) is 12.8 Å². The second-order valence-electron chi connectivity index (χ2n) is 8.40. The lowest BCUT2D eigenvalue weighted by Crippen LogP contribution is -2.44. The molecule has 4 fully saturated rings. The van der Waals surface area contributed by atoms with Gasteiger partial charge in [0.1, 0.15) is 12.2 Å². The number of aliphatic hydroxyl groups is 1. The summed E-state index contributed by atoms with van der Waals surface area (Å²) in [6.07, 6.45) is -0.501. The smallest absolute Gasteiger partial charge is 0.248 e. The molecule has 9 heteroatoms. The van der Waals surface area contributed by atoms with Crippen LogP contribution in [0.5, 0.6) is 0 Å². The van der Waals surface area contributed by atoms with Gasteiger partial charge in [-0.2, -0.15) is 0 Å². The number of alkyl halides is 2. The van der Waals surface area contributed by atoms with Gasteiger partial charge in [-0.1, -0.05) is 0 Å². The van der Waals surface area contributed by atoms with E-state index in [9.17, 15) is 18.7 Å². The van der Waals surface area contributed by atoms with Crippen molar-refractivity contribution < 1.29 is 32.9 Å². The van der Waals surface area contributed by atoms with Crippen LogP contribution in [-0.2, 0) is 19.0 Å². The molecule has 0 aromatic heterocycles. The van der Waals surface area contributed by atoms with E-state index < -0.39 is 24.2 Å². The number of carbonyl (C=O) groups is 1. The molecule has 3 heterocycles. The Morgan fingerprint density at radius 3 is 2.57 bits per heavy atom. The molecule has 0 aromatic rings. The predicted molar refractivity (Wildman–Crippen MR) is 95.2 cm³/mol. The molecule has 7 nitrogen and oxygen atoms in total. The van der Waals surface area contributed by atoms with Gasteiger partial charge in [-0.25, -0.2) is 8.78 Å². The Kier molecular flexibility index (Phi) is 6.17. The lowest BCUT2D eigenvalue weighted by molar-refractivity contribution is -0.138. The molecule has 3 saturated heterocycles. The number of amides is 1. The maximum absolute atomic E-state index is 13.2. The first kappa shape index (κ1) is 20.4. The van der Waals surface area contributed by atoms with Crippen molar-refractivity contribution in [2.45, 2.75) is 81.0 Å². The zero-order valence-corrected chi connectivity index (χ0v) is 16.0. The van der Waals surface area contributed by atoms with Gasteiger partial charge in [0.15, 0.2) is 0 Å². The van der Waals surface area contributed by atoms with E-state index in [4.69, 9.17) is 14.2 Å². The number of halogens is 2. The monoisotopic (exact) mass is 404 g/mol. The molecule has 160 valence electrons. The molecule has 28 heavy (non-hydrogen) atoms. The lowest BCUT2D eigenvalue weighted by atomic mass is 9.92. The highest BCUT2D eigenvalue weighted by molar-refractivity contribution is 5.76. The Labute approximate surface area is 163 Å². The van der Waals surface area contributed by atoms with Crippen LogP contribution in [0.15, 0.2) is 0 Å². The van der Waals surface area contributed by atoms with Crippen molar-refractivity contribution in [2.75, 3.05) is 32.8 Å². The largest absolute Gasteiger partial charge is 0.388 e. The number of morpholine rings is 1. The summed E-state index contributed by atoms with van der Waals surface area (Å²) >= 11 is 0. The van der Waals surface area contributed by atoms with Crippen LogP contribution in [-0.4, -0.2) is 91.2 Å². The van der Waals surface area contributed by atoms with Gasteiger partial charge in [0.25, 0.3) is 0 Å². The molecule has 4 aliphatic rings. The molecule has 1 amide bonds.